The highest BCUT2D eigenvalue weighted by Gasteiger charge is 2.17. The number of ether oxygens (including phenoxy) is 1. The van der Waals surface area contributed by atoms with Crippen molar-refractivity contribution in [2.24, 2.45) is 0 Å². The van der Waals surface area contributed by atoms with Crippen LogP contribution in [0, 0.1) is 6.92 Å². The molecule has 0 aliphatic rings. The molecule has 1 amide bonds. The number of anilines is 1. The maximum atomic E-state index is 12.2. The average Bonchev–Trinajstić information content (AvgIpc) is 2.31. The first kappa shape index (κ1) is 14.5. The summed E-state index contributed by atoms with van der Waals surface area (Å²) < 4.78 is 4.82. The zero-order valence-corrected chi connectivity index (χ0v) is 11.0. The Hall–Kier alpha value is -1.59. The number of aliphatic hydroxyl groups excluding tert-OH is 1. The van der Waals surface area contributed by atoms with E-state index in [-0.39, 0.29) is 19.1 Å². The molecule has 100 valence electrons. The molecule has 1 unspecified atom stereocenters. The van der Waals surface area contributed by atoms with E-state index in [1.165, 1.54) is 12.0 Å². The van der Waals surface area contributed by atoms with E-state index in [1.807, 2.05) is 13.0 Å². The zero-order chi connectivity index (χ0) is 13.7. The van der Waals surface area contributed by atoms with Crippen molar-refractivity contribution in [1.82, 2.24) is 4.90 Å². The second kappa shape index (κ2) is 6.37. The van der Waals surface area contributed by atoms with Crippen molar-refractivity contribution < 1.29 is 14.6 Å². The standard InChI is InChI=1S/C13H20N2O3/c1-9-4-5-10(14)6-12(9)13(17)15(2)7-11(16)8-18-3/h4-6,11,16H,7-8,14H2,1-3H3. The molecule has 0 radical (unpaired) electrons. The summed E-state index contributed by atoms with van der Waals surface area (Å²) in [6.07, 6.45) is -0.690. The van der Waals surface area contributed by atoms with E-state index in [0.29, 0.717) is 11.3 Å². The van der Waals surface area contributed by atoms with Crippen LogP contribution in [0.4, 0.5) is 5.69 Å². The summed E-state index contributed by atoms with van der Waals surface area (Å²) in [7, 11) is 3.15. The lowest BCUT2D eigenvalue weighted by Crippen LogP contribution is -2.36. The van der Waals surface area contributed by atoms with Crippen LogP contribution in [-0.4, -0.2) is 49.3 Å². The maximum absolute atomic E-state index is 12.2. The Morgan fingerprint density at radius 1 is 1.56 bits per heavy atom. The highest BCUT2D eigenvalue weighted by molar-refractivity contribution is 5.96. The third kappa shape index (κ3) is 3.72. The van der Waals surface area contributed by atoms with Gasteiger partial charge in [-0.2, -0.15) is 0 Å². The number of nitrogen functional groups attached to an aromatic ring is 1. The van der Waals surface area contributed by atoms with Crippen LogP contribution in [0.5, 0.6) is 0 Å². The molecule has 0 aliphatic heterocycles. The third-order valence-corrected chi connectivity index (χ3v) is 2.68. The predicted molar refractivity (Wildman–Crippen MR) is 70.4 cm³/mol. The van der Waals surface area contributed by atoms with Gasteiger partial charge in [-0.15, -0.1) is 0 Å². The first-order valence-electron chi connectivity index (χ1n) is 5.74. The lowest BCUT2D eigenvalue weighted by molar-refractivity contribution is 0.0380. The van der Waals surface area contributed by atoms with Crippen molar-refractivity contribution in [1.29, 1.82) is 0 Å². The van der Waals surface area contributed by atoms with E-state index in [1.54, 1.807) is 19.2 Å². The van der Waals surface area contributed by atoms with Gasteiger partial charge >= 0.3 is 0 Å². The molecule has 0 bridgehead atoms. The van der Waals surface area contributed by atoms with Crippen LogP contribution in [-0.2, 0) is 4.74 Å². The second-order valence-corrected chi connectivity index (χ2v) is 4.37. The van der Waals surface area contributed by atoms with Crippen LogP contribution in [0.2, 0.25) is 0 Å². The van der Waals surface area contributed by atoms with Gasteiger partial charge in [0.15, 0.2) is 0 Å². The maximum Gasteiger partial charge on any atom is 0.254 e. The van der Waals surface area contributed by atoms with Crippen LogP contribution in [0.3, 0.4) is 0 Å². The molecular weight excluding hydrogens is 232 g/mol. The molecule has 1 aromatic rings. The molecule has 5 heteroatoms. The van der Waals surface area contributed by atoms with Crippen LogP contribution < -0.4 is 5.73 Å². The van der Waals surface area contributed by atoms with E-state index in [2.05, 4.69) is 0 Å². The van der Waals surface area contributed by atoms with Gasteiger partial charge in [-0.3, -0.25) is 4.79 Å². The summed E-state index contributed by atoms with van der Waals surface area (Å²) in [6, 6.07) is 5.21. The van der Waals surface area contributed by atoms with Crippen molar-refractivity contribution >= 4 is 11.6 Å². The summed E-state index contributed by atoms with van der Waals surface area (Å²) in [5.41, 5.74) is 7.65. The number of carbonyl (C=O) groups is 1. The molecule has 1 atom stereocenters. The van der Waals surface area contributed by atoms with Gasteiger partial charge in [-0.05, 0) is 24.6 Å². The fourth-order valence-electron chi connectivity index (χ4n) is 1.72. The van der Waals surface area contributed by atoms with Crippen LogP contribution >= 0.6 is 0 Å². The molecular formula is C13H20N2O3. The average molecular weight is 252 g/mol. The molecule has 18 heavy (non-hydrogen) atoms. The van der Waals surface area contributed by atoms with Gasteiger partial charge in [0.2, 0.25) is 0 Å². The largest absolute Gasteiger partial charge is 0.399 e. The van der Waals surface area contributed by atoms with Crippen molar-refractivity contribution in [2.45, 2.75) is 13.0 Å². The topological polar surface area (TPSA) is 75.8 Å². The first-order valence-corrected chi connectivity index (χ1v) is 5.74. The van der Waals surface area contributed by atoms with E-state index in [9.17, 15) is 9.90 Å². The van der Waals surface area contributed by atoms with Crippen molar-refractivity contribution in [3.63, 3.8) is 0 Å². The van der Waals surface area contributed by atoms with Crippen molar-refractivity contribution in [3.8, 4) is 0 Å². The normalized spacial score (nSPS) is 12.2. The quantitative estimate of drug-likeness (QED) is 0.755. The molecule has 0 spiro atoms. The van der Waals surface area contributed by atoms with Crippen LogP contribution in [0.1, 0.15) is 15.9 Å². The molecule has 5 nitrogen and oxygen atoms in total. The molecule has 0 aliphatic carbocycles. The lowest BCUT2D eigenvalue weighted by Gasteiger charge is -2.21. The Labute approximate surface area is 107 Å². The van der Waals surface area contributed by atoms with Gasteiger partial charge in [0.25, 0.3) is 5.91 Å². The number of likely N-dealkylation sites (N-methyl/N-ethyl adjacent to an activating group) is 1. The molecule has 1 rings (SSSR count). The number of carbonyl (C=O) groups excluding carboxylic acids is 1. The number of nitrogens with zero attached hydrogens (tertiary/aromatic N) is 1. The highest BCUT2D eigenvalue weighted by atomic mass is 16.5. The predicted octanol–water partition coefficient (Wildman–Crippen LogP) is 0.657. The molecule has 0 saturated carbocycles. The van der Waals surface area contributed by atoms with Gasteiger partial charge in [-0.1, -0.05) is 6.07 Å². The smallest absolute Gasteiger partial charge is 0.254 e. The SMILES string of the molecule is COCC(O)CN(C)C(=O)c1cc(N)ccc1C. The summed E-state index contributed by atoms with van der Waals surface area (Å²) in [4.78, 5) is 13.6. The molecule has 0 fully saturated rings. The number of amides is 1. The number of rotatable bonds is 5. The fourth-order valence-corrected chi connectivity index (χ4v) is 1.72. The number of methoxy groups -OCH3 is 1. The Morgan fingerprint density at radius 2 is 2.22 bits per heavy atom. The Kier molecular flexibility index (Phi) is 5.12. The summed E-state index contributed by atoms with van der Waals surface area (Å²) >= 11 is 0. The number of nitrogens with two attached hydrogens (primary N) is 1. The number of aryl methyl sites for hydroxylation is 1. The Balaban J connectivity index is 2.77. The molecule has 3 N–H and O–H groups in total. The van der Waals surface area contributed by atoms with Gasteiger partial charge in [0.05, 0.1) is 12.7 Å². The van der Waals surface area contributed by atoms with Gasteiger partial charge in [0.1, 0.15) is 0 Å². The third-order valence-electron chi connectivity index (χ3n) is 2.68. The van der Waals surface area contributed by atoms with Crippen molar-refractivity contribution in [3.05, 3.63) is 29.3 Å². The molecule has 0 saturated heterocycles. The molecule has 1 aromatic carbocycles. The van der Waals surface area contributed by atoms with E-state index < -0.39 is 6.10 Å². The van der Waals surface area contributed by atoms with Gasteiger partial charge in [0, 0.05) is 32.0 Å². The number of hydrogen-bond donors (Lipinski definition) is 2. The number of aliphatic hydroxyl groups is 1. The lowest BCUT2D eigenvalue weighted by atomic mass is 10.1. The Bertz CT molecular complexity index is 421. The monoisotopic (exact) mass is 252 g/mol. The van der Waals surface area contributed by atoms with E-state index in [0.717, 1.165) is 5.56 Å². The number of hydrogen-bond acceptors (Lipinski definition) is 4. The van der Waals surface area contributed by atoms with Gasteiger partial charge in [-0.25, -0.2) is 0 Å². The summed E-state index contributed by atoms with van der Waals surface area (Å²) in [5.74, 6) is -0.157. The summed E-state index contributed by atoms with van der Waals surface area (Å²) in [5, 5.41) is 9.60. The second-order valence-electron chi connectivity index (χ2n) is 4.37. The van der Waals surface area contributed by atoms with Gasteiger partial charge < -0.3 is 20.5 Å². The first-order chi connectivity index (χ1) is 8.45. The van der Waals surface area contributed by atoms with Crippen LogP contribution in [0.15, 0.2) is 18.2 Å². The Morgan fingerprint density at radius 3 is 2.83 bits per heavy atom. The minimum atomic E-state index is -0.690. The fraction of sp³-hybridized carbons (Fsp3) is 0.462. The van der Waals surface area contributed by atoms with E-state index in [4.69, 9.17) is 10.5 Å². The van der Waals surface area contributed by atoms with Crippen LogP contribution in [0.25, 0.3) is 0 Å². The summed E-state index contributed by atoms with van der Waals surface area (Å²) in [6.45, 7) is 2.28. The molecule has 0 heterocycles. The molecule has 0 aromatic heterocycles. The highest BCUT2D eigenvalue weighted by Crippen LogP contribution is 2.14. The van der Waals surface area contributed by atoms with Crippen molar-refractivity contribution in [2.75, 3.05) is 33.0 Å². The number of benzene rings is 1. The minimum Gasteiger partial charge on any atom is -0.399 e. The zero-order valence-electron chi connectivity index (χ0n) is 11.0. The van der Waals surface area contributed by atoms with E-state index >= 15 is 0 Å². The minimum absolute atomic E-state index is 0.157.